The van der Waals surface area contributed by atoms with E-state index in [1.54, 1.807) is 7.11 Å². The van der Waals surface area contributed by atoms with E-state index in [9.17, 15) is 9.59 Å². The first-order valence-electron chi connectivity index (χ1n) is 10.3. The molecule has 0 saturated heterocycles. The van der Waals surface area contributed by atoms with Crippen molar-refractivity contribution in [3.8, 4) is 5.75 Å². The largest absolute Gasteiger partial charge is 0.497 e. The number of hydrogen-bond acceptors (Lipinski definition) is 7. The second kappa shape index (κ2) is 9.45. The molecule has 0 fully saturated rings. The van der Waals surface area contributed by atoms with Crippen LogP contribution in [0.1, 0.15) is 27.9 Å². The smallest absolute Gasteiger partial charge is 0.274 e. The number of anilines is 1. The Labute approximate surface area is 194 Å². The summed E-state index contributed by atoms with van der Waals surface area (Å²) in [6.45, 7) is 5.97. The number of benzene rings is 2. The number of amides is 1. The maximum atomic E-state index is 12.6. The Hall–Kier alpha value is -3.66. The van der Waals surface area contributed by atoms with E-state index in [-0.39, 0.29) is 23.0 Å². The molecule has 0 aliphatic heterocycles. The van der Waals surface area contributed by atoms with E-state index >= 15 is 0 Å². The second-order valence-corrected chi connectivity index (χ2v) is 8.70. The quantitative estimate of drug-likeness (QED) is 0.404. The van der Waals surface area contributed by atoms with Crippen molar-refractivity contribution >= 4 is 29.1 Å². The summed E-state index contributed by atoms with van der Waals surface area (Å²) in [7, 11) is 1.60. The summed E-state index contributed by atoms with van der Waals surface area (Å²) in [5.41, 5.74) is 4.91. The highest BCUT2D eigenvalue weighted by Gasteiger charge is 2.15. The van der Waals surface area contributed by atoms with Gasteiger partial charge in [-0.2, -0.15) is 9.61 Å². The molecule has 0 unspecified atom stereocenters. The van der Waals surface area contributed by atoms with Crippen LogP contribution in [0.4, 0.5) is 5.69 Å². The van der Waals surface area contributed by atoms with Gasteiger partial charge in [0.1, 0.15) is 11.4 Å². The summed E-state index contributed by atoms with van der Waals surface area (Å²) in [5, 5.41) is 15.9. The van der Waals surface area contributed by atoms with Gasteiger partial charge in [-0.05, 0) is 49.6 Å². The van der Waals surface area contributed by atoms with Crippen LogP contribution in [0.3, 0.4) is 0 Å². The summed E-state index contributed by atoms with van der Waals surface area (Å²) in [6.07, 6.45) is 0.337. The third-order valence-electron chi connectivity index (χ3n) is 5.12. The molecule has 0 aliphatic carbocycles. The molecule has 1 amide bonds. The van der Waals surface area contributed by atoms with Crippen molar-refractivity contribution in [1.29, 1.82) is 0 Å². The summed E-state index contributed by atoms with van der Waals surface area (Å²) < 4.78 is 6.63. The molecular formula is C23H24N6O3S. The van der Waals surface area contributed by atoms with E-state index in [0.717, 1.165) is 33.7 Å². The van der Waals surface area contributed by atoms with Crippen LogP contribution in [0.25, 0.3) is 5.78 Å². The molecule has 4 rings (SSSR count). The number of carbonyl (C=O) groups is 1. The first kappa shape index (κ1) is 22.5. The minimum absolute atomic E-state index is 0.127. The number of hydrogen-bond donors (Lipinski definition) is 2. The normalized spacial score (nSPS) is 11.0. The standard InChI is InChI=1S/C23H24N6O3S/c1-13-9-14(2)20(15(3)10-13)24-19(30)12-33-23-27-26-22-25-21(31)18(28-29(22)23)11-16-5-7-17(32-4)8-6-16/h5-10H,11-12H2,1-4H3,(H,24,30)(H,25,26,31). The van der Waals surface area contributed by atoms with Gasteiger partial charge in [-0.1, -0.05) is 41.6 Å². The molecule has 0 atom stereocenters. The van der Waals surface area contributed by atoms with E-state index in [2.05, 4.69) is 25.6 Å². The van der Waals surface area contributed by atoms with Crippen LogP contribution in [-0.4, -0.2) is 43.6 Å². The number of aromatic amines is 1. The average molecular weight is 465 g/mol. The lowest BCUT2D eigenvalue weighted by molar-refractivity contribution is -0.113. The highest BCUT2D eigenvalue weighted by molar-refractivity contribution is 7.99. The Balaban J connectivity index is 1.49. The first-order chi connectivity index (χ1) is 15.8. The number of nitrogens with one attached hydrogen (secondary N) is 2. The molecule has 0 spiro atoms. The van der Waals surface area contributed by atoms with E-state index in [0.29, 0.717) is 17.3 Å². The number of ether oxygens (including phenoxy) is 1. The Morgan fingerprint density at radius 2 is 1.82 bits per heavy atom. The molecule has 2 aromatic carbocycles. The number of nitrogens with zero attached hydrogens (tertiary/aromatic N) is 4. The van der Waals surface area contributed by atoms with Crippen LogP contribution in [0.5, 0.6) is 5.75 Å². The zero-order valence-corrected chi connectivity index (χ0v) is 19.6. The number of aryl methyl sites for hydroxylation is 3. The van der Waals surface area contributed by atoms with Gasteiger partial charge < -0.3 is 10.1 Å². The lowest BCUT2D eigenvalue weighted by Gasteiger charge is -2.12. The number of H-pyrrole nitrogens is 1. The third kappa shape index (κ3) is 5.06. The van der Waals surface area contributed by atoms with E-state index < -0.39 is 0 Å². The minimum Gasteiger partial charge on any atom is -0.497 e. The fraction of sp³-hybridized carbons (Fsp3) is 0.261. The summed E-state index contributed by atoms with van der Waals surface area (Å²) in [6, 6.07) is 11.5. The fourth-order valence-electron chi connectivity index (χ4n) is 3.60. The topological polar surface area (TPSA) is 114 Å². The number of aromatic nitrogens is 5. The predicted molar refractivity (Wildman–Crippen MR) is 127 cm³/mol. The number of methoxy groups -OCH3 is 1. The van der Waals surface area contributed by atoms with Gasteiger partial charge in [-0.3, -0.25) is 14.6 Å². The molecule has 9 nitrogen and oxygen atoms in total. The number of rotatable bonds is 7. The third-order valence-corrected chi connectivity index (χ3v) is 6.04. The van der Waals surface area contributed by atoms with Gasteiger partial charge in [-0.15, -0.1) is 10.2 Å². The van der Waals surface area contributed by atoms with Crippen molar-refractivity contribution in [3.05, 3.63) is 74.7 Å². The van der Waals surface area contributed by atoms with Crippen molar-refractivity contribution in [1.82, 2.24) is 24.8 Å². The summed E-state index contributed by atoms with van der Waals surface area (Å²) in [4.78, 5) is 27.7. The lowest BCUT2D eigenvalue weighted by Crippen LogP contribution is -2.19. The molecule has 10 heteroatoms. The van der Waals surface area contributed by atoms with E-state index in [1.807, 2.05) is 57.2 Å². The van der Waals surface area contributed by atoms with Gasteiger partial charge >= 0.3 is 0 Å². The van der Waals surface area contributed by atoms with Gasteiger partial charge in [0.05, 0.1) is 12.9 Å². The number of carbonyl (C=O) groups excluding carboxylic acids is 1. The molecular weight excluding hydrogens is 440 g/mol. The molecule has 0 radical (unpaired) electrons. The van der Waals surface area contributed by atoms with Crippen LogP contribution < -0.4 is 15.6 Å². The van der Waals surface area contributed by atoms with Gasteiger partial charge in [0.15, 0.2) is 0 Å². The van der Waals surface area contributed by atoms with Gasteiger partial charge in [0.2, 0.25) is 11.1 Å². The van der Waals surface area contributed by atoms with Crippen molar-refractivity contribution in [2.24, 2.45) is 0 Å². The highest BCUT2D eigenvalue weighted by Crippen LogP contribution is 2.23. The van der Waals surface area contributed by atoms with E-state index in [1.165, 1.54) is 16.3 Å². The molecule has 170 valence electrons. The van der Waals surface area contributed by atoms with E-state index in [4.69, 9.17) is 4.74 Å². The van der Waals surface area contributed by atoms with Crippen molar-refractivity contribution in [2.75, 3.05) is 18.2 Å². The van der Waals surface area contributed by atoms with Crippen molar-refractivity contribution in [3.63, 3.8) is 0 Å². The molecule has 0 aliphatic rings. The Morgan fingerprint density at radius 3 is 2.48 bits per heavy atom. The van der Waals surface area contributed by atoms with Crippen molar-refractivity contribution < 1.29 is 9.53 Å². The first-order valence-corrected chi connectivity index (χ1v) is 11.3. The highest BCUT2D eigenvalue weighted by atomic mass is 32.2. The fourth-order valence-corrected chi connectivity index (χ4v) is 4.28. The van der Waals surface area contributed by atoms with Crippen molar-refractivity contribution in [2.45, 2.75) is 32.3 Å². The van der Waals surface area contributed by atoms with Crippen LogP contribution in [0, 0.1) is 20.8 Å². The van der Waals surface area contributed by atoms with Crippen LogP contribution in [-0.2, 0) is 11.2 Å². The number of fused-ring (bicyclic) bond motifs is 1. The predicted octanol–water partition coefficient (Wildman–Crippen LogP) is 3.07. The Morgan fingerprint density at radius 1 is 1.12 bits per heavy atom. The van der Waals surface area contributed by atoms with Crippen LogP contribution in [0.15, 0.2) is 46.3 Å². The maximum Gasteiger partial charge on any atom is 0.274 e. The van der Waals surface area contributed by atoms with Crippen LogP contribution >= 0.6 is 11.8 Å². The minimum atomic E-state index is -0.328. The Kier molecular flexibility index (Phi) is 6.45. The molecule has 0 saturated carbocycles. The molecule has 2 heterocycles. The zero-order chi connectivity index (χ0) is 23.5. The lowest BCUT2D eigenvalue weighted by atomic mass is 10.1. The second-order valence-electron chi connectivity index (χ2n) is 7.75. The van der Waals surface area contributed by atoms with Crippen LogP contribution in [0.2, 0.25) is 0 Å². The average Bonchev–Trinajstić information content (AvgIpc) is 3.17. The Bertz CT molecular complexity index is 1350. The summed E-state index contributed by atoms with van der Waals surface area (Å²) >= 11 is 1.20. The van der Waals surface area contributed by atoms with Gasteiger partial charge in [0, 0.05) is 12.1 Å². The molecule has 0 bridgehead atoms. The summed E-state index contributed by atoms with van der Waals surface area (Å²) in [5.74, 6) is 0.937. The zero-order valence-electron chi connectivity index (χ0n) is 18.8. The van der Waals surface area contributed by atoms with Gasteiger partial charge in [0.25, 0.3) is 11.3 Å². The number of thioether (sulfide) groups is 1. The monoisotopic (exact) mass is 464 g/mol. The molecule has 2 N–H and O–H groups in total. The van der Waals surface area contributed by atoms with Gasteiger partial charge in [-0.25, -0.2) is 0 Å². The maximum absolute atomic E-state index is 12.6. The molecule has 4 aromatic rings. The molecule has 33 heavy (non-hydrogen) atoms. The molecule has 2 aromatic heterocycles. The SMILES string of the molecule is COc1ccc(Cc2nn3c(SCC(=O)Nc4c(C)cc(C)cc4C)nnc3[nH]c2=O)cc1.